The molecule has 0 aliphatic carbocycles. The summed E-state index contributed by atoms with van der Waals surface area (Å²) < 4.78 is 52.7. The van der Waals surface area contributed by atoms with Crippen LogP contribution in [0.25, 0.3) is 0 Å². The highest BCUT2D eigenvalue weighted by Crippen LogP contribution is 2.31. The Morgan fingerprint density at radius 3 is 2.67 bits per heavy atom. The first-order valence-corrected chi connectivity index (χ1v) is 6.02. The third kappa shape index (κ3) is 3.39. The molecule has 21 heavy (non-hydrogen) atoms. The average molecular weight is 301 g/mol. The first-order chi connectivity index (χ1) is 9.81. The summed E-state index contributed by atoms with van der Waals surface area (Å²) in [7, 11) is 0. The van der Waals surface area contributed by atoms with Crippen LogP contribution in [-0.2, 0) is 12.7 Å². The molecule has 1 N–H and O–H groups in total. The Kier molecular flexibility index (Phi) is 3.97. The summed E-state index contributed by atoms with van der Waals surface area (Å²) in [5.41, 5.74) is -1.43. The summed E-state index contributed by atoms with van der Waals surface area (Å²) in [6.07, 6.45) is -1.94. The fourth-order valence-corrected chi connectivity index (χ4v) is 1.65. The van der Waals surface area contributed by atoms with Crippen molar-refractivity contribution in [1.29, 1.82) is 0 Å². The predicted molar refractivity (Wildman–Crippen MR) is 67.3 cm³/mol. The van der Waals surface area contributed by atoms with Gasteiger partial charge < -0.3 is 5.32 Å². The van der Waals surface area contributed by atoms with Crippen molar-refractivity contribution in [2.75, 3.05) is 5.32 Å². The molecule has 4 nitrogen and oxygen atoms in total. The maximum atomic E-state index is 13.5. The van der Waals surface area contributed by atoms with Gasteiger partial charge in [-0.05, 0) is 25.1 Å². The number of rotatable bonds is 3. The van der Waals surface area contributed by atoms with Crippen LogP contribution in [0.2, 0.25) is 0 Å². The van der Waals surface area contributed by atoms with Gasteiger partial charge in [-0.25, -0.2) is 4.39 Å². The van der Waals surface area contributed by atoms with E-state index in [-0.39, 0.29) is 5.56 Å². The number of alkyl halides is 3. The van der Waals surface area contributed by atoms with Gasteiger partial charge in [-0.15, -0.1) is 0 Å². The van der Waals surface area contributed by atoms with E-state index in [1.54, 1.807) is 6.92 Å². The number of carbonyl (C=O) groups is 1. The highest BCUT2D eigenvalue weighted by Gasteiger charge is 2.31. The van der Waals surface area contributed by atoms with Crippen molar-refractivity contribution in [3.63, 3.8) is 0 Å². The van der Waals surface area contributed by atoms with Gasteiger partial charge in [0.15, 0.2) is 0 Å². The van der Waals surface area contributed by atoms with E-state index in [0.717, 1.165) is 0 Å². The second-order valence-electron chi connectivity index (χ2n) is 4.23. The number of nitrogens with one attached hydrogen (secondary N) is 1. The van der Waals surface area contributed by atoms with Crippen molar-refractivity contribution < 1.29 is 22.4 Å². The van der Waals surface area contributed by atoms with Gasteiger partial charge >= 0.3 is 6.18 Å². The van der Waals surface area contributed by atoms with Crippen molar-refractivity contribution in [3.05, 3.63) is 47.5 Å². The molecule has 0 saturated carbocycles. The number of carbonyl (C=O) groups excluding carboxylic acids is 1. The SMILES string of the molecule is CCn1cc(C(=O)Nc2cc(C(F)(F)F)ccc2F)cn1. The summed E-state index contributed by atoms with van der Waals surface area (Å²) in [5.74, 6) is -1.67. The highest BCUT2D eigenvalue weighted by molar-refractivity contribution is 6.04. The Morgan fingerprint density at radius 1 is 1.38 bits per heavy atom. The zero-order valence-corrected chi connectivity index (χ0v) is 10.9. The lowest BCUT2D eigenvalue weighted by Gasteiger charge is -2.10. The van der Waals surface area contributed by atoms with E-state index < -0.39 is 29.2 Å². The van der Waals surface area contributed by atoms with E-state index in [4.69, 9.17) is 0 Å². The van der Waals surface area contributed by atoms with Gasteiger partial charge in [0.05, 0.1) is 23.0 Å². The number of anilines is 1. The largest absolute Gasteiger partial charge is 0.416 e. The average Bonchev–Trinajstić information content (AvgIpc) is 2.88. The minimum atomic E-state index is -4.61. The molecule has 0 aliphatic rings. The van der Waals surface area contributed by atoms with E-state index in [0.29, 0.717) is 24.7 Å². The quantitative estimate of drug-likeness (QED) is 0.884. The van der Waals surface area contributed by atoms with Crippen LogP contribution in [0.5, 0.6) is 0 Å². The Balaban J connectivity index is 2.24. The van der Waals surface area contributed by atoms with Crippen LogP contribution < -0.4 is 5.32 Å². The van der Waals surface area contributed by atoms with E-state index in [1.807, 2.05) is 0 Å². The van der Waals surface area contributed by atoms with Crippen LogP contribution in [0.15, 0.2) is 30.6 Å². The van der Waals surface area contributed by atoms with Crippen LogP contribution in [0.1, 0.15) is 22.8 Å². The molecule has 0 bridgehead atoms. The minimum Gasteiger partial charge on any atom is -0.319 e. The standard InChI is InChI=1S/C13H11F4N3O/c1-2-20-7-8(6-18-20)12(21)19-11-5-9(13(15,16)17)3-4-10(11)14/h3-7H,2H2,1H3,(H,19,21). The second kappa shape index (κ2) is 5.55. The molecule has 1 amide bonds. The Morgan fingerprint density at radius 2 is 2.10 bits per heavy atom. The maximum absolute atomic E-state index is 13.5. The fraction of sp³-hybridized carbons (Fsp3) is 0.231. The number of aromatic nitrogens is 2. The van der Waals surface area contributed by atoms with Crippen molar-refractivity contribution in [1.82, 2.24) is 9.78 Å². The first-order valence-electron chi connectivity index (χ1n) is 6.02. The molecule has 1 heterocycles. The van der Waals surface area contributed by atoms with Gasteiger partial charge in [-0.2, -0.15) is 18.3 Å². The van der Waals surface area contributed by atoms with Crippen LogP contribution in [-0.4, -0.2) is 15.7 Å². The van der Waals surface area contributed by atoms with Crippen molar-refractivity contribution in [3.8, 4) is 0 Å². The minimum absolute atomic E-state index is 0.133. The lowest BCUT2D eigenvalue weighted by Crippen LogP contribution is -2.14. The Hall–Kier alpha value is -2.38. The van der Waals surface area contributed by atoms with E-state index in [2.05, 4.69) is 10.4 Å². The zero-order valence-electron chi connectivity index (χ0n) is 10.9. The molecule has 2 rings (SSSR count). The Bertz CT molecular complexity index is 664. The van der Waals surface area contributed by atoms with Crippen LogP contribution >= 0.6 is 0 Å². The molecule has 8 heteroatoms. The number of hydrogen-bond acceptors (Lipinski definition) is 2. The normalized spacial score (nSPS) is 11.5. The predicted octanol–water partition coefficient (Wildman–Crippen LogP) is 3.31. The van der Waals surface area contributed by atoms with E-state index in [1.165, 1.54) is 17.1 Å². The molecule has 0 atom stereocenters. The van der Waals surface area contributed by atoms with Crippen LogP contribution in [0, 0.1) is 5.82 Å². The molecule has 2 aromatic rings. The summed E-state index contributed by atoms with van der Waals surface area (Å²) in [4.78, 5) is 11.8. The number of benzene rings is 1. The highest BCUT2D eigenvalue weighted by atomic mass is 19.4. The second-order valence-corrected chi connectivity index (χ2v) is 4.23. The maximum Gasteiger partial charge on any atom is 0.416 e. The first kappa shape index (κ1) is 15.0. The van der Waals surface area contributed by atoms with Gasteiger partial charge in [0.1, 0.15) is 5.82 Å². The van der Waals surface area contributed by atoms with Crippen LogP contribution in [0.3, 0.4) is 0 Å². The van der Waals surface area contributed by atoms with E-state index >= 15 is 0 Å². The van der Waals surface area contributed by atoms with Crippen molar-refractivity contribution >= 4 is 11.6 Å². The lowest BCUT2D eigenvalue weighted by atomic mass is 10.2. The molecule has 0 spiro atoms. The topological polar surface area (TPSA) is 46.9 Å². The number of halogens is 4. The van der Waals surface area contributed by atoms with Crippen molar-refractivity contribution in [2.45, 2.75) is 19.6 Å². The number of hydrogen-bond donors (Lipinski definition) is 1. The molecule has 112 valence electrons. The zero-order chi connectivity index (χ0) is 15.6. The molecule has 1 aromatic carbocycles. The molecule has 1 aromatic heterocycles. The molecule has 0 unspecified atom stereocenters. The lowest BCUT2D eigenvalue weighted by molar-refractivity contribution is -0.137. The molecule has 0 saturated heterocycles. The summed E-state index contributed by atoms with van der Waals surface area (Å²) in [6.45, 7) is 2.34. The summed E-state index contributed by atoms with van der Waals surface area (Å²) in [5, 5.41) is 5.97. The fourth-order valence-electron chi connectivity index (χ4n) is 1.65. The molecule has 0 radical (unpaired) electrons. The number of nitrogens with zero attached hydrogens (tertiary/aromatic N) is 2. The molecule has 0 aliphatic heterocycles. The molecule has 0 fully saturated rings. The summed E-state index contributed by atoms with van der Waals surface area (Å²) in [6, 6.07) is 1.82. The van der Waals surface area contributed by atoms with Crippen LogP contribution in [0.4, 0.5) is 23.2 Å². The van der Waals surface area contributed by atoms with E-state index in [9.17, 15) is 22.4 Å². The third-order valence-electron chi connectivity index (χ3n) is 2.76. The Labute approximate surface area is 117 Å². The van der Waals surface area contributed by atoms with Gasteiger partial charge in [-0.3, -0.25) is 9.48 Å². The van der Waals surface area contributed by atoms with Crippen molar-refractivity contribution in [2.24, 2.45) is 0 Å². The van der Waals surface area contributed by atoms with Gasteiger partial charge in [0, 0.05) is 12.7 Å². The number of amides is 1. The van der Waals surface area contributed by atoms with Gasteiger partial charge in [0.2, 0.25) is 0 Å². The monoisotopic (exact) mass is 301 g/mol. The third-order valence-corrected chi connectivity index (χ3v) is 2.76. The molecular weight excluding hydrogens is 290 g/mol. The van der Waals surface area contributed by atoms with Gasteiger partial charge in [-0.1, -0.05) is 0 Å². The molecular formula is C13H11F4N3O. The number of aryl methyl sites for hydroxylation is 1. The summed E-state index contributed by atoms with van der Waals surface area (Å²) >= 11 is 0. The van der Waals surface area contributed by atoms with Gasteiger partial charge in [0.25, 0.3) is 5.91 Å². The smallest absolute Gasteiger partial charge is 0.319 e.